The number of nitrogens with one attached hydrogen (secondary N) is 1. The number of halogens is 2. The van der Waals surface area contributed by atoms with Crippen LogP contribution in [0.4, 0.5) is 11.4 Å². The quantitative estimate of drug-likeness (QED) is 0.818. The van der Waals surface area contributed by atoms with E-state index in [0.29, 0.717) is 21.3 Å². The van der Waals surface area contributed by atoms with Crippen molar-refractivity contribution in [3.63, 3.8) is 0 Å². The van der Waals surface area contributed by atoms with E-state index >= 15 is 0 Å². The number of nitrogens with two attached hydrogens (primary N) is 1. The second kappa shape index (κ2) is 5.51. The van der Waals surface area contributed by atoms with Gasteiger partial charge in [0.05, 0.1) is 16.3 Å². The third-order valence-electron chi connectivity index (χ3n) is 2.73. The molecule has 0 heterocycles. The fourth-order valence-corrected chi connectivity index (χ4v) is 2.09. The summed E-state index contributed by atoms with van der Waals surface area (Å²) in [6.07, 6.45) is 0. The highest BCUT2D eigenvalue weighted by Crippen LogP contribution is 2.25. The summed E-state index contributed by atoms with van der Waals surface area (Å²) in [5, 5.41) is 3.77. The van der Waals surface area contributed by atoms with Crippen LogP contribution in [0.5, 0.6) is 0 Å². The van der Waals surface area contributed by atoms with Gasteiger partial charge in [-0.05, 0) is 42.8 Å². The molecule has 0 radical (unpaired) electrons. The molecule has 0 aliphatic carbocycles. The minimum absolute atomic E-state index is 0.272. The summed E-state index contributed by atoms with van der Waals surface area (Å²) >= 11 is 11.8. The molecule has 3 nitrogen and oxygen atoms in total. The number of aryl methyl sites for hydroxylation is 1. The summed E-state index contributed by atoms with van der Waals surface area (Å²) in [7, 11) is 0. The summed E-state index contributed by atoms with van der Waals surface area (Å²) in [5.74, 6) is -0.301. The number of hydrogen-bond acceptors (Lipinski definition) is 2. The number of para-hydroxylation sites is 1. The van der Waals surface area contributed by atoms with Crippen LogP contribution >= 0.6 is 23.2 Å². The van der Waals surface area contributed by atoms with E-state index in [2.05, 4.69) is 5.32 Å². The molecule has 2 rings (SSSR count). The molecule has 1 amide bonds. The maximum atomic E-state index is 12.1. The van der Waals surface area contributed by atoms with E-state index < -0.39 is 0 Å². The Balaban J connectivity index is 2.28. The largest absolute Gasteiger partial charge is 0.397 e. The Hall–Kier alpha value is -1.71. The van der Waals surface area contributed by atoms with E-state index in [-0.39, 0.29) is 11.6 Å². The predicted octanol–water partition coefficient (Wildman–Crippen LogP) is 4.14. The van der Waals surface area contributed by atoms with Crippen LogP contribution < -0.4 is 11.1 Å². The molecule has 98 valence electrons. The second-order valence-electron chi connectivity index (χ2n) is 4.11. The number of benzene rings is 2. The zero-order valence-corrected chi connectivity index (χ0v) is 11.7. The standard InChI is InChI=1S/C14H12Cl2N2O/c1-8-7-9(15)5-6-12(8)18-14(19)10-3-2-4-11(16)13(10)17/h2-7H,17H2,1H3,(H,18,19). The number of rotatable bonds is 2. The van der Waals surface area contributed by atoms with Gasteiger partial charge in [-0.25, -0.2) is 0 Å². The molecule has 2 aromatic rings. The highest BCUT2D eigenvalue weighted by atomic mass is 35.5. The molecule has 2 aromatic carbocycles. The summed E-state index contributed by atoms with van der Waals surface area (Å²) in [6, 6.07) is 10.2. The molecule has 5 heteroatoms. The van der Waals surface area contributed by atoms with E-state index in [4.69, 9.17) is 28.9 Å². The van der Waals surface area contributed by atoms with Gasteiger partial charge < -0.3 is 11.1 Å². The molecule has 0 aromatic heterocycles. The van der Waals surface area contributed by atoms with Crippen LogP contribution in [-0.4, -0.2) is 5.91 Å². The first-order valence-corrected chi connectivity index (χ1v) is 6.36. The fourth-order valence-electron chi connectivity index (χ4n) is 1.69. The summed E-state index contributed by atoms with van der Waals surface area (Å²) in [5.41, 5.74) is 7.97. The lowest BCUT2D eigenvalue weighted by molar-refractivity contribution is 0.102. The van der Waals surface area contributed by atoms with E-state index in [1.54, 1.807) is 36.4 Å². The van der Waals surface area contributed by atoms with Crippen molar-refractivity contribution in [3.05, 3.63) is 57.6 Å². The van der Waals surface area contributed by atoms with Gasteiger partial charge in [0, 0.05) is 10.7 Å². The highest BCUT2D eigenvalue weighted by Gasteiger charge is 2.12. The van der Waals surface area contributed by atoms with Crippen LogP contribution in [0, 0.1) is 6.92 Å². The Morgan fingerprint density at radius 3 is 2.63 bits per heavy atom. The molecule has 0 bridgehead atoms. The number of anilines is 2. The SMILES string of the molecule is Cc1cc(Cl)ccc1NC(=O)c1cccc(Cl)c1N. The molecule has 0 saturated carbocycles. The molecule has 0 atom stereocenters. The van der Waals surface area contributed by atoms with Gasteiger partial charge in [0.2, 0.25) is 0 Å². The smallest absolute Gasteiger partial charge is 0.257 e. The van der Waals surface area contributed by atoms with Gasteiger partial charge in [-0.2, -0.15) is 0 Å². The molecular formula is C14H12Cl2N2O. The molecule has 0 fully saturated rings. The van der Waals surface area contributed by atoms with Gasteiger partial charge in [0.1, 0.15) is 0 Å². The normalized spacial score (nSPS) is 10.3. The Kier molecular flexibility index (Phi) is 3.98. The van der Waals surface area contributed by atoms with E-state index in [1.807, 2.05) is 6.92 Å². The monoisotopic (exact) mass is 294 g/mol. The van der Waals surface area contributed by atoms with E-state index in [1.165, 1.54) is 0 Å². The lowest BCUT2D eigenvalue weighted by atomic mass is 10.1. The molecule has 3 N–H and O–H groups in total. The van der Waals surface area contributed by atoms with Crippen molar-refractivity contribution in [1.82, 2.24) is 0 Å². The predicted molar refractivity (Wildman–Crippen MR) is 80.0 cm³/mol. The number of nitrogen functional groups attached to an aromatic ring is 1. The molecule has 0 aliphatic heterocycles. The van der Waals surface area contributed by atoms with Crippen molar-refractivity contribution in [2.75, 3.05) is 11.1 Å². The van der Waals surface area contributed by atoms with Gasteiger partial charge in [-0.1, -0.05) is 29.3 Å². The van der Waals surface area contributed by atoms with Crippen molar-refractivity contribution in [1.29, 1.82) is 0 Å². The first-order valence-electron chi connectivity index (χ1n) is 5.60. The van der Waals surface area contributed by atoms with Gasteiger partial charge in [-0.15, -0.1) is 0 Å². The Morgan fingerprint density at radius 1 is 1.21 bits per heavy atom. The van der Waals surface area contributed by atoms with Gasteiger partial charge in [0.15, 0.2) is 0 Å². The molecular weight excluding hydrogens is 283 g/mol. The maximum Gasteiger partial charge on any atom is 0.257 e. The average Bonchev–Trinajstić information content (AvgIpc) is 2.36. The Labute approximate surface area is 121 Å². The van der Waals surface area contributed by atoms with Gasteiger partial charge >= 0.3 is 0 Å². The first kappa shape index (κ1) is 13.7. The molecule has 19 heavy (non-hydrogen) atoms. The third-order valence-corrected chi connectivity index (χ3v) is 3.30. The lowest BCUT2D eigenvalue weighted by Crippen LogP contribution is -2.14. The average molecular weight is 295 g/mol. The van der Waals surface area contributed by atoms with Crippen molar-refractivity contribution in [2.24, 2.45) is 0 Å². The zero-order valence-electron chi connectivity index (χ0n) is 10.2. The minimum Gasteiger partial charge on any atom is -0.397 e. The summed E-state index contributed by atoms with van der Waals surface area (Å²) in [4.78, 5) is 12.1. The van der Waals surface area contributed by atoms with Crippen LogP contribution in [-0.2, 0) is 0 Å². The van der Waals surface area contributed by atoms with Gasteiger partial charge in [-0.3, -0.25) is 4.79 Å². The fraction of sp³-hybridized carbons (Fsp3) is 0.0714. The van der Waals surface area contributed by atoms with Crippen LogP contribution in [0.3, 0.4) is 0 Å². The minimum atomic E-state index is -0.301. The highest BCUT2D eigenvalue weighted by molar-refractivity contribution is 6.34. The number of amides is 1. The molecule has 0 spiro atoms. The van der Waals surface area contributed by atoms with Crippen molar-refractivity contribution >= 4 is 40.5 Å². The lowest BCUT2D eigenvalue weighted by Gasteiger charge is -2.10. The number of hydrogen-bond donors (Lipinski definition) is 2. The zero-order chi connectivity index (χ0) is 14.0. The first-order chi connectivity index (χ1) is 8.99. The van der Waals surface area contributed by atoms with Crippen LogP contribution in [0.15, 0.2) is 36.4 Å². The topological polar surface area (TPSA) is 55.1 Å². The maximum absolute atomic E-state index is 12.1. The molecule has 0 aliphatic rings. The molecule has 0 saturated heterocycles. The summed E-state index contributed by atoms with van der Waals surface area (Å²) < 4.78 is 0. The van der Waals surface area contributed by atoms with Crippen molar-refractivity contribution in [2.45, 2.75) is 6.92 Å². The van der Waals surface area contributed by atoms with E-state index in [0.717, 1.165) is 5.56 Å². The second-order valence-corrected chi connectivity index (χ2v) is 4.96. The van der Waals surface area contributed by atoms with Crippen LogP contribution in [0.1, 0.15) is 15.9 Å². The Bertz CT molecular complexity index is 641. The van der Waals surface area contributed by atoms with Crippen molar-refractivity contribution in [3.8, 4) is 0 Å². The number of carbonyl (C=O) groups is 1. The van der Waals surface area contributed by atoms with Crippen molar-refractivity contribution < 1.29 is 4.79 Å². The van der Waals surface area contributed by atoms with Gasteiger partial charge in [0.25, 0.3) is 5.91 Å². The van der Waals surface area contributed by atoms with Crippen LogP contribution in [0.2, 0.25) is 10.0 Å². The van der Waals surface area contributed by atoms with E-state index in [9.17, 15) is 4.79 Å². The molecule has 0 unspecified atom stereocenters. The Morgan fingerprint density at radius 2 is 1.95 bits per heavy atom. The third kappa shape index (κ3) is 3.00. The summed E-state index contributed by atoms with van der Waals surface area (Å²) in [6.45, 7) is 1.86. The van der Waals surface area contributed by atoms with Crippen LogP contribution in [0.25, 0.3) is 0 Å². The number of carbonyl (C=O) groups excluding carboxylic acids is 1.